The molecule has 0 radical (unpaired) electrons. The minimum atomic E-state index is -0.923. The van der Waals surface area contributed by atoms with Crippen LogP contribution in [-0.2, 0) is 14.3 Å². The van der Waals surface area contributed by atoms with E-state index >= 15 is 0 Å². The second-order valence-corrected chi connectivity index (χ2v) is 10.6. The number of thioether (sulfide) groups is 2. The zero-order valence-corrected chi connectivity index (χ0v) is 20.6. The predicted molar refractivity (Wildman–Crippen MR) is 135 cm³/mol. The number of ether oxygens (including phenoxy) is 1. The van der Waals surface area contributed by atoms with Gasteiger partial charge in [-0.3, -0.25) is 9.59 Å². The molecule has 2 aromatic rings. The molecule has 4 rings (SSSR count). The van der Waals surface area contributed by atoms with E-state index in [0.29, 0.717) is 24.5 Å². The lowest BCUT2D eigenvalue weighted by atomic mass is 9.98. The van der Waals surface area contributed by atoms with Crippen molar-refractivity contribution in [3.8, 4) is 11.1 Å². The van der Waals surface area contributed by atoms with Crippen LogP contribution in [0.4, 0.5) is 4.79 Å². The van der Waals surface area contributed by atoms with E-state index in [0.717, 1.165) is 22.3 Å². The van der Waals surface area contributed by atoms with Gasteiger partial charge in [-0.05, 0) is 40.7 Å². The summed E-state index contributed by atoms with van der Waals surface area (Å²) in [6.07, 6.45) is 1.75. The smallest absolute Gasteiger partial charge is 0.407 e. The second kappa shape index (κ2) is 11.2. The van der Waals surface area contributed by atoms with Gasteiger partial charge >= 0.3 is 12.1 Å². The fourth-order valence-electron chi connectivity index (χ4n) is 4.49. The maximum absolute atomic E-state index is 13.1. The van der Waals surface area contributed by atoms with Gasteiger partial charge in [0.05, 0.1) is 0 Å². The molecule has 2 N–H and O–H groups in total. The number of nitrogens with zero attached hydrogens (tertiary/aromatic N) is 1. The molecule has 0 saturated carbocycles. The first-order valence-corrected chi connectivity index (χ1v) is 13.7. The number of carbonyl (C=O) groups is 3. The summed E-state index contributed by atoms with van der Waals surface area (Å²) in [5.41, 5.74) is 4.54. The first-order chi connectivity index (χ1) is 16.5. The lowest BCUT2D eigenvalue weighted by Gasteiger charge is -2.33. The van der Waals surface area contributed by atoms with Crippen LogP contribution in [0.15, 0.2) is 48.5 Å². The minimum Gasteiger partial charge on any atom is -0.480 e. The van der Waals surface area contributed by atoms with Gasteiger partial charge < -0.3 is 20.1 Å². The van der Waals surface area contributed by atoms with E-state index in [-0.39, 0.29) is 25.0 Å². The summed E-state index contributed by atoms with van der Waals surface area (Å²) in [7, 11) is 0. The van der Waals surface area contributed by atoms with Crippen molar-refractivity contribution < 1.29 is 24.2 Å². The number of nitrogens with one attached hydrogen (secondary N) is 1. The molecule has 9 heteroatoms. The fraction of sp³-hybridized carbons (Fsp3) is 0.400. The van der Waals surface area contributed by atoms with Crippen molar-refractivity contribution in [3.05, 3.63) is 59.7 Å². The van der Waals surface area contributed by atoms with E-state index in [1.54, 1.807) is 16.7 Å². The van der Waals surface area contributed by atoms with Gasteiger partial charge in [0.1, 0.15) is 17.9 Å². The Hall–Kier alpha value is -2.65. The summed E-state index contributed by atoms with van der Waals surface area (Å²) in [5.74, 6) is 0.00387. The third-order valence-electron chi connectivity index (χ3n) is 6.20. The van der Waals surface area contributed by atoms with Crippen molar-refractivity contribution >= 4 is 41.5 Å². The van der Waals surface area contributed by atoms with Gasteiger partial charge in [-0.25, -0.2) is 4.79 Å². The molecule has 1 heterocycles. The Kier molecular flexibility index (Phi) is 8.05. The Morgan fingerprint density at radius 1 is 1.15 bits per heavy atom. The average Bonchev–Trinajstić information content (AvgIpc) is 3.18. The molecule has 0 aromatic heterocycles. The molecule has 1 unspecified atom stereocenters. The molecule has 7 nitrogen and oxygen atoms in total. The number of rotatable bonds is 8. The largest absolute Gasteiger partial charge is 0.480 e. The van der Waals surface area contributed by atoms with E-state index in [1.165, 1.54) is 11.8 Å². The van der Waals surface area contributed by atoms with Crippen molar-refractivity contribution in [2.75, 3.05) is 37.5 Å². The molecule has 1 saturated heterocycles. The molecule has 34 heavy (non-hydrogen) atoms. The van der Waals surface area contributed by atoms with Crippen LogP contribution in [0.2, 0.25) is 0 Å². The van der Waals surface area contributed by atoms with Gasteiger partial charge in [0.25, 0.3) is 0 Å². The Morgan fingerprint density at radius 2 is 1.79 bits per heavy atom. The van der Waals surface area contributed by atoms with Crippen molar-refractivity contribution in [1.82, 2.24) is 10.2 Å². The van der Waals surface area contributed by atoms with E-state index in [1.807, 2.05) is 30.5 Å². The van der Waals surface area contributed by atoms with E-state index in [9.17, 15) is 19.5 Å². The summed E-state index contributed by atoms with van der Waals surface area (Å²) in [5, 5.41) is 11.4. The van der Waals surface area contributed by atoms with Crippen LogP contribution >= 0.6 is 23.5 Å². The van der Waals surface area contributed by atoms with E-state index in [2.05, 4.69) is 29.6 Å². The number of aliphatic carboxylic acids is 1. The molecule has 1 aliphatic carbocycles. The lowest BCUT2D eigenvalue weighted by Crippen LogP contribution is -2.53. The molecule has 180 valence electrons. The van der Waals surface area contributed by atoms with Crippen LogP contribution in [-0.4, -0.2) is 76.7 Å². The quantitative estimate of drug-likeness (QED) is 0.571. The van der Waals surface area contributed by atoms with E-state index < -0.39 is 23.4 Å². The number of alkyl carbamates (subject to hydrolysis) is 1. The third kappa shape index (κ3) is 5.36. The third-order valence-corrected chi connectivity index (χ3v) is 8.01. The number of carboxylic acids is 1. The van der Waals surface area contributed by atoms with Gasteiger partial charge in [0.2, 0.25) is 5.91 Å². The maximum Gasteiger partial charge on any atom is 0.407 e. The molecule has 2 aromatic carbocycles. The van der Waals surface area contributed by atoms with Crippen molar-refractivity contribution in [2.24, 2.45) is 0 Å². The van der Waals surface area contributed by atoms with Gasteiger partial charge in [-0.2, -0.15) is 11.8 Å². The standard InChI is InChI=1S/C25H28N2O5S2/c1-33-12-10-21(23(28)27-11-13-34-22(14-27)24(29)30)26-25(31)32-15-20-18-8-4-2-6-16(18)17-7-3-5-9-19(17)20/h2-9,20-22H,10-15H2,1H3,(H,26,31)(H,29,30)/t21-,22?/m0/s1. The highest BCUT2D eigenvalue weighted by atomic mass is 32.2. The second-order valence-electron chi connectivity index (χ2n) is 8.29. The molecule has 2 amide bonds. The van der Waals surface area contributed by atoms with Crippen LogP contribution in [0, 0.1) is 0 Å². The zero-order valence-electron chi connectivity index (χ0n) is 18.9. The average molecular weight is 501 g/mol. The molecular formula is C25H28N2O5S2. The van der Waals surface area contributed by atoms with Crippen molar-refractivity contribution in [1.29, 1.82) is 0 Å². The first kappa shape index (κ1) is 24.5. The van der Waals surface area contributed by atoms with Crippen LogP contribution < -0.4 is 5.32 Å². The topological polar surface area (TPSA) is 95.9 Å². The zero-order chi connectivity index (χ0) is 24.1. The van der Waals surface area contributed by atoms with E-state index in [4.69, 9.17) is 4.74 Å². The highest BCUT2D eigenvalue weighted by Crippen LogP contribution is 2.44. The summed E-state index contributed by atoms with van der Waals surface area (Å²) in [6, 6.07) is 15.5. The Labute approximate surface area is 207 Å². The van der Waals surface area contributed by atoms with Gasteiger partial charge in [-0.1, -0.05) is 48.5 Å². The van der Waals surface area contributed by atoms with Crippen LogP contribution in [0.1, 0.15) is 23.5 Å². The number of amides is 2. The molecule has 0 spiro atoms. The number of fused-ring (bicyclic) bond motifs is 3. The summed E-state index contributed by atoms with van der Waals surface area (Å²) >= 11 is 2.92. The number of hydrogen-bond donors (Lipinski definition) is 2. The summed E-state index contributed by atoms with van der Waals surface area (Å²) < 4.78 is 5.62. The summed E-state index contributed by atoms with van der Waals surface area (Å²) in [4.78, 5) is 38.8. The Bertz CT molecular complexity index is 1020. The molecule has 2 atom stereocenters. The van der Waals surface area contributed by atoms with Crippen LogP contribution in [0.5, 0.6) is 0 Å². The number of hydrogen-bond acceptors (Lipinski definition) is 6. The predicted octanol–water partition coefficient (Wildman–Crippen LogP) is 3.68. The summed E-state index contributed by atoms with van der Waals surface area (Å²) in [6.45, 7) is 0.779. The normalized spacial score (nSPS) is 18.0. The fourth-order valence-corrected chi connectivity index (χ4v) is 6.00. The molecule has 1 aliphatic heterocycles. The van der Waals surface area contributed by atoms with Gasteiger partial charge in [0.15, 0.2) is 0 Å². The molecule has 0 bridgehead atoms. The molecular weight excluding hydrogens is 472 g/mol. The number of benzene rings is 2. The number of carboxylic acid groups (broad SMARTS) is 1. The highest BCUT2D eigenvalue weighted by Gasteiger charge is 2.34. The minimum absolute atomic E-state index is 0.0612. The lowest BCUT2D eigenvalue weighted by molar-refractivity contribution is -0.138. The SMILES string of the molecule is CSCC[C@H](NC(=O)OCC1c2ccccc2-c2ccccc21)C(=O)N1CCSC(C(=O)O)C1. The maximum atomic E-state index is 13.1. The highest BCUT2D eigenvalue weighted by molar-refractivity contribution is 8.00. The van der Waals surface area contributed by atoms with Crippen LogP contribution in [0.3, 0.4) is 0 Å². The Balaban J connectivity index is 1.41. The van der Waals surface area contributed by atoms with Gasteiger partial charge in [-0.15, -0.1) is 11.8 Å². The number of carbonyl (C=O) groups excluding carboxylic acids is 2. The molecule has 1 fully saturated rings. The van der Waals surface area contributed by atoms with Crippen LogP contribution in [0.25, 0.3) is 11.1 Å². The molecule has 2 aliphatic rings. The van der Waals surface area contributed by atoms with Gasteiger partial charge in [0, 0.05) is 24.8 Å². The van der Waals surface area contributed by atoms with Crippen molar-refractivity contribution in [2.45, 2.75) is 23.6 Å². The van der Waals surface area contributed by atoms with Crippen molar-refractivity contribution in [3.63, 3.8) is 0 Å². The Morgan fingerprint density at radius 3 is 2.41 bits per heavy atom. The monoisotopic (exact) mass is 500 g/mol. The first-order valence-electron chi connectivity index (χ1n) is 11.2.